The van der Waals surface area contributed by atoms with Crippen molar-refractivity contribution in [3.63, 3.8) is 0 Å². The van der Waals surface area contributed by atoms with Crippen LogP contribution in [0.25, 0.3) is 0 Å². The molecule has 0 aliphatic carbocycles. The average Bonchev–Trinajstić information content (AvgIpc) is 2.48. The topological polar surface area (TPSA) is 50.8 Å². The second-order valence-corrected chi connectivity index (χ2v) is 5.69. The molecule has 1 aromatic rings. The molecule has 0 spiro atoms. The molecular weight excluding hydrogens is 292 g/mol. The Hall–Kier alpha value is -1.46. The number of nitrogens with zero attached hydrogens (tertiary/aromatic N) is 1. The van der Waals surface area contributed by atoms with Crippen LogP contribution in [0, 0.1) is 0 Å². The maximum atomic E-state index is 11.8. The molecule has 6 heteroatoms. The van der Waals surface area contributed by atoms with E-state index in [1.807, 2.05) is 0 Å². The quantitative estimate of drug-likeness (QED) is 0.928. The van der Waals surface area contributed by atoms with Crippen molar-refractivity contribution in [3.8, 4) is 5.75 Å². The van der Waals surface area contributed by atoms with Crippen LogP contribution in [0.15, 0.2) is 18.2 Å². The zero-order valence-corrected chi connectivity index (χ0v) is 13.2. The second-order valence-electron chi connectivity index (χ2n) is 5.25. The van der Waals surface area contributed by atoms with Gasteiger partial charge in [-0.25, -0.2) is 4.79 Å². The number of benzene rings is 1. The number of ether oxygens (including phenoxy) is 2. The summed E-state index contributed by atoms with van der Waals surface area (Å²) < 4.78 is 10.5. The van der Waals surface area contributed by atoms with Gasteiger partial charge in [0.1, 0.15) is 12.4 Å². The van der Waals surface area contributed by atoms with Crippen molar-refractivity contribution in [1.82, 2.24) is 10.2 Å². The summed E-state index contributed by atoms with van der Waals surface area (Å²) in [6.45, 7) is 2.16. The maximum Gasteiger partial charge on any atom is 0.407 e. The van der Waals surface area contributed by atoms with Gasteiger partial charge in [-0.2, -0.15) is 0 Å². The lowest BCUT2D eigenvalue weighted by Crippen LogP contribution is -2.43. The number of carbonyl (C=O) groups is 1. The van der Waals surface area contributed by atoms with Gasteiger partial charge >= 0.3 is 6.09 Å². The third-order valence-electron chi connectivity index (χ3n) is 3.65. The van der Waals surface area contributed by atoms with E-state index in [0.717, 1.165) is 31.5 Å². The van der Waals surface area contributed by atoms with Crippen LogP contribution in [-0.4, -0.2) is 44.3 Å². The SMILES string of the molecule is COc1cc(Cl)ccc1COC(=O)NC1CCN(C)CC1. The van der Waals surface area contributed by atoms with Gasteiger partial charge in [0.2, 0.25) is 0 Å². The van der Waals surface area contributed by atoms with Crippen LogP contribution >= 0.6 is 11.6 Å². The van der Waals surface area contributed by atoms with E-state index in [1.54, 1.807) is 25.3 Å². The van der Waals surface area contributed by atoms with E-state index in [9.17, 15) is 4.79 Å². The first-order valence-corrected chi connectivity index (χ1v) is 7.40. The maximum absolute atomic E-state index is 11.8. The molecule has 0 radical (unpaired) electrons. The minimum Gasteiger partial charge on any atom is -0.496 e. The molecule has 2 rings (SSSR count). The summed E-state index contributed by atoms with van der Waals surface area (Å²) >= 11 is 5.89. The van der Waals surface area contributed by atoms with E-state index in [0.29, 0.717) is 10.8 Å². The summed E-state index contributed by atoms with van der Waals surface area (Å²) in [7, 11) is 3.65. The molecule has 21 heavy (non-hydrogen) atoms. The van der Waals surface area contributed by atoms with E-state index in [1.165, 1.54) is 0 Å². The molecule has 1 amide bonds. The first-order valence-electron chi connectivity index (χ1n) is 7.02. The Balaban J connectivity index is 1.81. The summed E-state index contributed by atoms with van der Waals surface area (Å²) in [6, 6.07) is 5.44. The smallest absolute Gasteiger partial charge is 0.407 e. The Kier molecular flexibility index (Phi) is 5.70. The number of piperidine rings is 1. The van der Waals surface area contributed by atoms with Gasteiger partial charge in [0, 0.05) is 16.6 Å². The molecule has 1 heterocycles. The number of amides is 1. The fraction of sp³-hybridized carbons (Fsp3) is 0.533. The molecule has 5 nitrogen and oxygen atoms in total. The lowest BCUT2D eigenvalue weighted by Gasteiger charge is -2.29. The summed E-state index contributed by atoms with van der Waals surface area (Å²) in [6.07, 6.45) is 1.52. The van der Waals surface area contributed by atoms with Crippen LogP contribution in [0.3, 0.4) is 0 Å². The normalized spacial score (nSPS) is 16.5. The molecule has 116 valence electrons. The Bertz CT molecular complexity index is 488. The second kappa shape index (κ2) is 7.52. The molecule has 1 aliphatic rings. The highest BCUT2D eigenvalue weighted by Gasteiger charge is 2.19. The van der Waals surface area contributed by atoms with Crippen LogP contribution in [0.4, 0.5) is 4.79 Å². The van der Waals surface area contributed by atoms with Gasteiger partial charge < -0.3 is 19.7 Å². The molecule has 1 N–H and O–H groups in total. The predicted molar refractivity (Wildman–Crippen MR) is 81.8 cm³/mol. The van der Waals surface area contributed by atoms with Crippen molar-refractivity contribution in [1.29, 1.82) is 0 Å². The van der Waals surface area contributed by atoms with Gasteiger partial charge in [-0.15, -0.1) is 0 Å². The number of alkyl carbamates (subject to hydrolysis) is 1. The zero-order chi connectivity index (χ0) is 15.2. The highest BCUT2D eigenvalue weighted by atomic mass is 35.5. The summed E-state index contributed by atoms with van der Waals surface area (Å²) in [5.41, 5.74) is 0.792. The molecule has 1 aromatic carbocycles. The van der Waals surface area contributed by atoms with Crippen molar-refractivity contribution in [3.05, 3.63) is 28.8 Å². The first kappa shape index (κ1) is 15.9. The monoisotopic (exact) mass is 312 g/mol. The molecular formula is C15H21ClN2O3. The largest absolute Gasteiger partial charge is 0.496 e. The highest BCUT2D eigenvalue weighted by Crippen LogP contribution is 2.23. The molecule has 1 saturated heterocycles. The van der Waals surface area contributed by atoms with Gasteiger partial charge in [-0.1, -0.05) is 17.7 Å². The number of rotatable bonds is 4. The van der Waals surface area contributed by atoms with Gasteiger partial charge in [0.05, 0.1) is 7.11 Å². The van der Waals surface area contributed by atoms with E-state index in [4.69, 9.17) is 21.1 Å². The molecule has 1 aliphatic heterocycles. The van der Waals surface area contributed by atoms with Crippen LogP contribution in [-0.2, 0) is 11.3 Å². The van der Waals surface area contributed by atoms with Crippen LogP contribution < -0.4 is 10.1 Å². The van der Waals surface area contributed by atoms with E-state index in [-0.39, 0.29) is 18.7 Å². The molecule has 0 saturated carbocycles. The van der Waals surface area contributed by atoms with E-state index in [2.05, 4.69) is 17.3 Å². The van der Waals surface area contributed by atoms with Crippen molar-refractivity contribution >= 4 is 17.7 Å². The Labute approximate surface area is 130 Å². The fourth-order valence-corrected chi connectivity index (χ4v) is 2.50. The number of hydrogen-bond donors (Lipinski definition) is 1. The Morgan fingerprint density at radius 2 is 2.14 bits per heavy atom. The van der Waals surface area contributed by atoms with Gasteiger partial charge in [-0.05, 0) is 45.1 Å². The van der Waals surface area contributed by atoms with Gasteiger partial charge in [0.15, 0.2) is 0 Å². The van der Waals surface area contributed by atoms with Crippen LogP contribution in [0.1, 0.15) is 18.4 Å². The van der Waals surface area contributed by atoms with Crippen molar-refractivity contribution in [2.75, 3.05) is 27.2 Å². The molecule has 0 aromatic heterocycles. The number of carbonyl (C=O) groups excluding carboxylic acids is 1. The van der Waals surface area contributed by atoms with Crippen molar-refractivity contribution < 1.29 is 14.3 Å². The standard InChI is InChI=1S/C15H21ClN2O3/c1-18-7-5-13(6-8-18)17-15(19)21-10-11-3-4-12(16)9-14(11)20-2/h3-4,9,13H,5-8,10H2,1-2H3,(H,17,19). The number of halogens is 1. The zero-order valence-electron chi connectivity index (χ0n) is 12.4. The number of methoxy groups -OCH3 is 1. The summed E-state index contributed by atoms with van der Waals surface area (Å²) in [5, 5.41) is 3.49. The Morgan fingerprint density at radius 1 is 1.43 bits per heavy atom. The lowest BCUT2D eigenvalue weighted by atomic mass is 10.1. The Morgan fingerprint density at radius 3 is 2.81 bits per heavy atom. The number of nitrogens with one attached hydrogen (secondary N) is 1. The number of likely N-dealkylation sites (tertiary alicyclic amines) is 1. The predicted octanol–water partition coefficient (Wildman–Crippen LogP) is 2.67. The molecule has 0 atom stereocenters. The lowest BCUT2D eigenvalue weighted by molar-refractivity contribution is 0.128. The van der Waals surface area contributed by atoms with Gasteiger partial charge in [-0.3, -0.25) is 0 Å². The van der Waals surface area contributed by atoms with Crippen LogP contribution in [0.2, 0.25) is 5.02 Å². The third-order valence-corrected chi connectivity index (χ3v) is 3.88. The van der Waals surface area contributed by atoms with Crippen molar-refractivity contribution in [2.45, 2.75) is 25.5 Å². The first-order chi connectivity index (χ1) is 10.1. The molecule has 0 unspecified atom stereocenters. The third kappa shape index (κ3) is 4.79. The summed E-state index contributed by atoms with van der Waals surface area (Å²) in [5.74, 6) is 0.620. The fourth-order valence-electron chi connectivity index (χ4n) is 2.34. The summed E-state index contributed by atoms with van der Waals surface area (Å²) in [4.78, 5) is 14.1. The molecule has 0 bridgehead atoms. The average molecular weight is 313 g/mol. The van der Waals surface area contributed by atoms with Crippen LogP contribution in [0.5, 0.6) is 5.75 Å². The minimum absolute atomic E-state index is 0.165. The highest BCUT2D eigenvalue weighted by molar-refractivity contribution is 6.30. The van der Waals surface area contributed by atoms with E-state index < -0.39 is 0 Å². The molecule has 1 fully saturated rings. The minimum atomic E-state index is -0.387. The van der Waals surface area contributed by atoms with Crippen molar-refractivity contribution in [2.24, 2.45) is 0 Å². The van der Waals surface area contributed by atoms with E-state index >= 15 is 0 Å². The van der Waals surface area contributed by atoms with Gasteiger partial charge in [0.25, 0.3) is 0 Å². The number of hydrogen-bond acceptors (Lipinski definition) is 4.